The Bertz CT molecular complexity index is 1080. The second-order valence-corrected chi connectivity index (χ2v) is 7.49. The highest BCUT2D eigenvalue weighted by Gasteiger charge is 2.46. The van der Waals surface area contributed by atoms with Crippen LogP contribution >= 0.6 is 15.9 Å². The zero-order chi connectivity index (χ0) is 20.4. The molecule has 144 valence electrons. The van der Waals surface area contributed by atoms with Crippen molar-refractivity contribution in [2.75, 3.05) is 0 Å². The van der Waals surface area contributed by atoms with Gasteiger partial charge in [0.2, 0.25) is 0 Å². The predicted molar refractivity (Wildman–Crippen MR) is 110 cm³/mol. The van der Waals surface area contributed by atoms with Gasteiger partial charge in [0.15, 0.2) is 0 Å². The number of aliphatic hydroxyl groups is 1. The molecule has 1 aromatic carbocycles. The Morgan fingerprint density at radius 2 is 1.72 bits per heavy atom. The van der Waals surface area contributed by atoms with Gasteiger partial charge in [-0.2, -0.15) is 0 Å². The van der Waals surface area contributed by atoms with E-state index in [-0.39, 0.29) is 17.9 Å². The average Bonchev–Trinajstić information content (AvgIpc) is 3.00. The molecule has 0 saturated carbocycles. The first-order chi connectivity index (χ1) is 14.1. The third-order valence-corrected chi connectivity index (χ3v) is 5.28. The maximum absolute atomic E-state index is 12.9. The number of pyridine rings is 2. The van der Waals surface area contributed by atoms with Gasteiger partial charge in [0.05, 0.1) is 11.6 Å². The second-order valence-electron chi connectivity index (χ2n) is 6.58. The van der Waals surface area contributed by atoms with Crippen LogP contribution in [-0.2, 0) is 16.1 Å². The predicted octanol–water partition coefficient (Wildman–Crippen LogP) is 3.86. The summed E-state index contributed by atoms with van der Waals surface area (Å²) in [6, 6.07) is 13.3. The van der Waals surface area contributed by atoms with Crippen LogP contribution in [0, 0.1) is 0 Å². The monoisotopic (exact) mass is 449 g/mol. The Morgan fingerprint density at radius 1 is 1.00 bits per heavy atom. The summed E-state index contributed by atoms with van der Waals surface area (Å²) in [7, 11) is 0. The van der Waals surface area contributed by atoms with E-state index in [1.54, 1.807) is 67.3 Å². The van der Waals surface area contributed by atoms with Crippen LogP contribution in [0.2, 0.25) is 0 Å². The van der Waals surface area contributed by atoms with Crippen molar-refractivity contribution in [2.45, 2.75) is 12.6 Å². The van der Waals surface area contributed by atoms with Crippen molar-refractivity contribution in [3.63, 3.8) is 0 Å². The molecule has 6 nitrogen and oxygen atoms in total. The number of hydrogen-bond acceptors (Lipinski definition) is 5. The number of aromatic nitrogens is 2. The van der Waals surface area contributed by atoms with Gasteiger partial charge in [0.25, 0.3) is 11.7 Å². The molecule has 29 heavy (non-hydrogen) atoms. The van der Waals surface area contributed by atoms with Crippen molar-refractivity contribution >= 4 is 33.4 Å². The van der Waals surface area contributed by atoms with Gasteiger partial charge in [0, 0.05) is 41.4 Å². The van der Waals surface area contributed by atoms with Crippen molar-refractivity contribution in [1.29, 1.82) is 0 Å². The molecule has 0 bridgehead atoms. The van der Waals surface area contributed by atoms with Crippen molar-refractivity contribution in [1.82, 2.24) is 14.9 Å². The van der Waals surface area contributed by atoms with E-state index in [0.717, 1.165) is 10.0 Å². The molecular weight excluding hydrogens is 434 g/mol. The number of hydrogen-bond donors (Lipinski definition) is 1. The molecule has 1 aliphatic heterocycles. The van der Waals surface area contributed by atoms with E-state index in [9.17, 15) is 14.7 Å². The van der Waals surface area contributed by atoms with E-state index in [4.69, 9.17) is 0 Å². The summed E-state index contributed by atoms with van der Waals surface area (Å²) < 4.78 is 0.844. The Labute approximate surface area is 175 Å². The molecule has 1 aliphatic rings. The minimum atomic E-state index is -0.721. The molecule has 7 heteroatoms. The van der Waals surface area contributed by atoms with Gasteiger partial charge in [-0.25, -0.2) is 0 Å². The van der Waals surface area contributed by atoms with Crippen molar-refractivity contribution in [3.05, 3.63) is 100 Å². The van der Waals surface area contributed by atoms with Crippen LogP contribution in [0.5, 0.6) is 0 Å². The third-order valence-electron chi connectivity index (χ3n) is 4.76. The van der Waals surface area contributed by atoms with E-state index < -0.39 is 17.7 Å². The summed E-state index contributed by atoms with van der Waals surface area (Å²) >= 11 is 3.35. The highest BCUT2D eigenvalue weighted by molar-refractivity contribution is 9.10. The number of carbonyl (C=O) groups excluding carboxylic acids is 2. The molecule has 2 aromatic heterocycles. The van der Waals surface area contributed by atoms with Gasteiger partial charge in [-0.3, -0.25) is 19.6 Å². The lowest BCUT2D eigenvalue weighted by Gasteiger charge is -2.25. The van der Waals surface area contributed by atoms with Gasteiger partial charge in [-0.1, -0.05) is 34.1 Å². The average molecular weight is 450 g/mol. The maximum Gasteiger partial charge on any atom is 0.295 e. The first kappa shape index (κ1) is 19.0. The minimum absolute atomic E-state index is 0.0624. The van der Waals surface area contributed by atoms with Crippen LogP contribution in [0.3, 0.4) is 0 Å². The number of carbonyl (C=O) groups is 2. The number of Topliss-reactive ketones (excluding diaryl/α,β-unsaturated/α-hetero) is 1. The second kappa shape index (κ2) is 7.97. The lowest BCUT2D eigenvalue weighted by Crippen LogP contribution is -2.29. The summed E-state index contributed by atoms with van der Waals surface area (Å²) in [6.45, 7) is 0.197. The normalized spacial score (nSPS) is 18.2. The third kappa shape index (κ3) is 3.69. The molecule has 1 unspecified atom stereocenters. The van der Waals surface area contributed by atoms with Crippen LogP contribution < -0.4 is 0 Å². The van der Waals surface area contributed by atoms with E-state index in [1.807, 2.05) is 6.07 Å². The summed E-state index contributed by atoms with van der Waals surface area (Å²) in [5.74, 6) is -1.57. The van der Waals surface area contributed by atoms with Crippen molar-refractivity contribution in [3.8, 4) is 0 Å². The molecule has 1 atom stereocenters. The van der Waals surface area contributed by atoms with E-state index in [0.29, 0.717) is 11.1 Å². The molecule has 3 heterocycles. The van der Waals surface area contributed by atoms with Gasteiger partial charge < -0.3 is 10.0 Å². The lowest BCUT2D eigenvalue weighted by atomic mass is 9.96. The number of likely N-dealkylation sites (tertiary alicyclic amines) is 1. The molecule has 1 saturated heterocycles. The van der Waals surface area contributed by atoms with Crippen LogP contribution in [0.25, 0.3) is 5.76 Å². The zero-order valence-corrected chi connectivity index (χ0v) is 16.8. The Hall–Kier alpha value is -3.32. The number of nitrogens with zero attached hydrogens (tertiary/aromatic N) is 3. The zero-order valence-electron chi connectivity index (χ0n) is 15.2. The largest absolute Gasteiger partial charge is 0.507 e. The maximum atomic E-state index is 12.9. The SMILES string of the molecule is O=C1C(=O)N(Cc2cccnc2)C(c2ccncc2)/C1=C(\O)c1ccc(Br)cc1. The smallest absolute Gasteiger partial charge is 0.295 e. The van der Waals surface area contributed by atoms with E-state index in [2.05, 4.69) is 25.9 Å². The quantitative estimate of drug-likeness (QED) is 0.371. The molecular formula is C22H16BrN3O3. The molecule has 0 aliphatic carbocycles. The standard InChI is InChI=1S/C22H16BrN3O3/c23-17-5-3-16(4-6-17)20(27)18-19(15-7-10-24-11-8-15)26(22(29)21(18)28)13-14-2-1-9-25-12-14/h1-12,19,27H,13H2/b20-18+. The number of halogens is 1. The van der Waals surface area contributed by atoms with Gasteiger partial charge >= 0.3 is 0 Å². The van der Waals surface area contributed by atoms with E-state index >= 15 is 0 Å². The highest BCUT2D eigenvalue weighted by Crippen LogP contribution is 2.40. The van der Waals surface area contributed by atoms with Crippen molar-refractivity contribution < 1.29 is 14.7 Å². The van der Waals surface area contributed by atoms with Crippen molar-refractivity contribution in [2.24, 2.45) is 0 Å². The summed E-state index contributed by atoms with van der Waals surface area (Å²) in [5.41, 5.74) is 2.01. The molecule has 3 aromatic rings. The van der Waals surface area contributed by atoms with Gasteiger partial charge in [-0.15, -0.1) is 0 Å². The highest BCUT2D eigenvalue weighted by atomic mass is 79.9. The lowest BCUT2D eigenvalue weighted by molar-refractivity contribution is -0.140. The topological polar surface area (TPSA) is 83.4 Å². The number of aliphatic hydroxyl groups excluding tert-OH is 1. The first-order valence-corrected chi connectivity index (χ1v) is 9.68. The molecule has 0 spiro atoms. The fraction of sp³-hybridized carbons (Fsp3) is 0.0909. The Kier molecular flexibility index (Phi) is 5.22. The molecule has 1 amide bonds. The molecule has 1 fully saturated rings. The minimum Gasteiger partial charge on any atom is -0.507 e. The summed E-state index contributed by atoms with van der Waals surface area (Å²) in [4.78, 5) is 35.4. The van der Waals surface area contributed by atoms with Gasteiger partial charge in [0.1, 0.15) is 5.76 Å². The van der Waals surface area contributed by atoms with Crippen LogP contribution in [0.4, 0.5) is 0 Å². The molecule has 0 radical (unpaired) electrons. The van der Waals surface area contributed by atoms with Crippen LogP contribution in [0.15, 0.2) is 83.4 Å². The first-order valence-electron chi connectivity index (χ1n) is 8.89. The number of benzene rings is 1. The number of ketones is 1. The van der Waals surface area contributed by atoms with Gasteiger partial charge in [-0.05, 0) is 41.5 Å². The number of amides is 1. The van der Waals surface area contributed by atoms with E-state index in [1.165, 1.54) is 4.90 Å². The van der Waals surface area contributed by atoms with Crippen LogP contribution in [-0.4, -0.2) is 31.7 Å². The summed E-state index contributed by atoms with van der Waals surface area (Å²) in [6.07, 6.45) is 6.49. The summed E-state index contributed by atoms with van der Waals surface area (Å²) in [5, 5.41) is 11.0. The fourth-order valence-corrected chi connectivity index (χ4v) is 3.65. The fourth-order valence-electron chi connectivity index (χ4n) is 3.39. The number of rotatable bonds is 4. The molecule has 4 rings (SSSR count). The molecule has 1 N–H and O–H groups in total. The Balaban J connectivity index is 1.85. The Morgan fingerprint density at radius 3 is 2.38 bits per heavy atom. The van der Waals surface area contributed by atoms with Crippen LogP contribution in [0.1, 0.15) is 22.7 Å².